The molecule has 2 nitrogen and oxygen atoms in total. The summed E-state index contributed by atoms with van der Waals surface area (Å²) < 4.78 is 37.3. The van der Waals surface area contributed by atoms with Crippen LogP contribution in [0.15, 0.2) is 12.1 Å². The van der Waals surface area contributed by atoms with E-state index in [0.29, 0.717) is 0 Å². The summed E-state index contributed by atoms with van der Waals surface area (Å²) in [7, 11) is -1.95. The van der Waals surface area contributed by atoms with E-state index < -0.39 is 27.1 Å². The first kappa shape index (κ1) is 12.1. The molecular formula is C9H10BF3O2. The van der Waals surface area contributed by atoms with Crippen LogP contribution in [0.2, 0.25) is 0 Å². The summed E-state index contributed by atoms with van der Waals surface area (Å²) >= 11 is 0. The maximum absolute atomic E-state index is 12.5. The molecule has 6 heteroatoms. The molecule has 0 radical (unpaired) electrons. The van der Waals surface area contributed by atoms with Gasteiger partial charge >= 0.3 is 7.12 Å². The van der Waals surface area contributed by atoms with Gasteiger partial charge in [0.15, 0.2) is 0 Å². The summed E-state index contributed by atoms with van der Waals surface area (Å²) in [6, 6.07) is 2.32. The van der Waals surface area contributed by atoms with E-state index in [1.807, 2.05) is 0 Å². The van der Waals surface area contributed by atoms with Crippen molar-refractivity contribution in [2.24, 2.45) is 0 Å². The van der Waals surface area contributed by atoms with Gasteiger partial charge in [0.05, 0.1) is 0 Å². The molecule has 2 N–H and O–H groups in total. The Morgan fingerprint density at radius 3 is 1.67 bits per heavy atom. The van der Waals surface area contributed by atoms with Crippen molar-refractivity contribution in [3.63, 3.8) is 0 Å². The molecule has 1 aromatic rings. The van der Waals surface area contributed by atoms with Gasteiger partial charge < -0.3 is 10.0 Å². The summed E-state index contributed by atoms with van der Waals surface area (Å²) in [6.45, 7) is -2.83. The third-order valence-electron chi connectivity index (χ3n) is 2.11. The van der Waals surface area contributed by atoms with Gasteiger partial charge in [-0.15, -0.1) is 0 Å². The predicted molar refractivity (Wildman–Crippen MR) is 50.7 cm³/mol. The molecule has 0 aliphatic carbocycles. The van der Waals surface area contributed by atoms with Crippen molar-refractivity contribution in [2.75, 3.05) is 0 Å². The molecule has 0 atom stereocenters. The van der Waals surface area contributed by atoms with E-state index in [0.717, 1.165) is 12.1 Å². The topological polar surface area (TPSA) is 40.5 Å². The highest BCUT2D eigenvalue weighted by Crippen LogP contribution is 2.12. The van der Waals surface area contributed by atoms with E-state index in [1.165, 1.54) is 0 Å². The minimum Gasteiger partial charge on any atom is -0.423 e. The van der Waals surface area contributed by atoms with Gasteiger partial charge in [0.25, 0.3) is 0 Å². The van der Waals surface area contributed by atoms with Crippen LogP contribution in [0.5, 0.6) is 0 Å². The fraction of sp³-hybridized carbons (Fsp3) is 0.333. The highest BCUT2D eigenvalue weighted by molar-refractivity contribution is 6.59. The molecule has 15 heavy (non-hydrogen) atoms. The first-order chi connectivity index (χ1) is 7.13. The highest BCUT2D eigenvalue weighted by atomic mass is 19.1. The second-order valence-electron chi connectivity index (χ2n) is 3.10. The largest absolute Gasteiger partial charge is 0.489 e. The van der Waals surface area contributed by atoms with Crippen LogP contribution in [-0.2, 0) is 20.0 Å². The molecule has 82 valence electrons. The van der Waals surface area contributed by atoms with Crippen LogP contribution in [0.25, 0.3) is 0 Å². The Balaban J connectivity index is 3.32. The lowest BCUT2D eigenvalue weighted by Crippen LogP contribution is -2.36. The second kappa shape index (κ2) is 5.18. The Morgan fingerprint density at radius 2 is 1.40 bits per heavy atom. The van der Waals surface area contributed by atoms with E-state index in [2.05, 4.69) is 0 Å². The van der Waals surface area contributed by atoms with Crippen LogP contribution in [-0.4, -0.2) is 17.2 Å². The SMILES string of the molecule is OB(O)c1c(CF)cc(CF)cc1CF. The Labute approximate surface area is 85.5 Å². The predicted octanol–water partition coefficient (Wildman–Crippen LogP) is 0.775. The highest BCUT2D eigenvalue weighted by Gasteiger charge is 2.21. The van der Waals surface area contributed by atoms with Gasteiger partial charge in [-0.25, -0.2) is 13.2 Å². The molecule has 0 bridgehead atoms. The Morgan fingerprint density at radius 1 is 0.933 bits per heavy atom. The zero-order chi connectivity index (χ0) is 11.4. The quantitative estimate of drug-likeness (QED) is 0.733. The standard InChI is InChI=1S/C9H10BF3O2/c11-3-6-1-7(4-12)9(10(14)15)8(2-6)5-13/h1-2,14-15H,3-5H2. The minimum absolute atomic E-state index is 0.0900. The van der Waals surface area contributed by atoms with Crippen molar-refractivity contribution < 1.29 is 23.2 Å². The van der Waals surface area contributed by atoms with Gasteiger partial charge in [-0.1, -0.05) is 12.1 Å². The summed E-state index contributed by atoms with van der Waals surface area (Å²) in [5, 5.41) is 17.9. The first-order valence-electron chi connectivity index (χ1n) is 4.32. The number of hydrogen-bond donors (Lipinski definition) is 2. The molecule has 1 aromatic carbocycles. The number of alkyl halides is 3. The molecular weight excluding hydrogens is 208 g/mol. The molecule has 0 aromatic heterocycles. The average molecular weight is 218 g/mol. The molecule has 0 fully saturated rings. The van der Waals surface area contributed by atoms with Crippen LogP contribution in [0.1, 0.15) is 16.7 Å². The van der Waals surface area contributed by atoms with Gasteiger partial charge in [0.2, 0.25) is 0 Å². The molecule has 0 spiro atoms. The molecule has 0 aliphatic rings. The average Bonchev–Trinajstić information content (AvgIpc) is 2.26. The van der Waals surface area contributed by atoms with Gasteiger partial charge in [-0.2, -0.15) is 0 Å². The Hall–Kier alpha value is -1.01. The van der Waals surface area contributed by atoms with Crippen molar-refractivity contribution in [2.45, 2.75) is 20.0 Å². The monoisotopic (exact) mass is 218 g/mol. The third-order valence-corrected chi connectivity index (χ3v) is 2.11. The fourth-order valence-corrected chi connectivity index (χ4v) is 1.48. The summed E-state index contributed by atoms with van der Waals surface area (Å²) in [5.41, 5.74) is -0.266. The Bertz CT molecular complexity index is 319. The van der Waals surface area contributed by atoms with E-state index in [9.17, 15) is 13.2 Å². The van der Waals surface area contributed by atoms with E-state index in [1.54, 1.807) is 0 Å². The lowest BCUT2D eigenvalue weighted by molar-refractivity contribution is 0.419. The van der Waals surface area contributed by atoms with Crippen molar-refractivity contribution in [3.05, 3.63) is 28.8 Å². The Kier molecular flexibility index (Phi) is 4.17. The van der Waals surface area contributed by atoms with Crippen molar-refractivity contribution in [3.8, 4) is 0 Å². The van der Waals surface area contributed by atoms with Crippen LogP contribution < -0.4 is 5.46 Å². The van der Waals surface area contributed by atoms with Crippen molar-refractivity contribution >= 4 is 12.6 Å². The number of halogens is 3. The number of benzene rings is 1. The van der Waals surface area contributed by atoms with E-state index in [-0.39, 0.29) is 22.2 Å². The van der Waals surface area contributed by atoms with Crippen LogP contribution in [0.3, 0.4) is 0 Å². The zero-order valence-electron chi connectivity index (χ0n) is 7.88. The third kappa shape index (κ3) is 2.51. The molecule has 0 saturated carbocycles. The van der Waals surface area contributed by atoms with Gasteiger partial charge in [-0.05, 0) is 22.2 Å². The lowest BCUT2D eigenvalue weighted by atomic mass is 9.73. The second-order valence-corrected chi connectivity index (χ2v) is 3.10. The maximum Gasteiger partial charge on any atom is 0.489 e. The zero-order valence-corrected chi connectivity index (χ0v) is 7.88. The van der Waals surface area contributed by atoms with E-state index >= 15 is 0 Å². The summed E-state index contributed by atoms with van der Waals surface area (Å²) in [6.07, 6.45) is 0. The van der Waals surface area contributed by atoms with Gasteiger partial charge in [0, 0.05) is 0 Å². The van der Waals surface area contributed by atoms with Crippen LogP contribution in [0, 0.1) is 0 Å². The summed E-state index contributed by atoms with van der Waals surface area (Å²) in [4.78, 5) is 0. The maximum atomic E-state index is 12.5. The van der Waals surface area contributed by atoms with Crippen molar-refractivity contribution in [1.29, 1.82) is 0 Å². The molecule has 1 rings (SSSR count). The molecule has 0 saturated heterocycles. The normalized spacial score (nSPS) is 10.5. The summed E-state index contributed by atoms with van der Waals surface area (Å²) in [5.74, 6) is 0. The van der Waals surface area contributed by atoms with Gasteiger partial charge in [0.1, 0.15) is 20.0 Å². The fourth-order valence-electron chi connectivity index (χ4n) is 1.48. The van der Waals surface area contributed by atoms with E-state index in [4.69, 9.17) is 10.0 Å². The molecule has 0 heterocycles. The van der Waals surface area contributed by atoms with Gasteiger partial charge in [-0.3, -0.25) is 0 Å². The molecule has 0 unspecified atom stereocenters. The van der Waals surface area contributed by atoms with Crippen LogP contribution in [0.4, 0.5) is 13.2 Å². The minimum atomic E-state index is -1.95. The lowest BCUT2D eigenvalue weighted by Gasteiger charge is -2.12. The first-order valence-corrected chi connectivity index (χ1v) is 4.32. The van der Waals surface area contributed by atoms with Crippen molar-refractivity contribution in [1.82, 2.24) is 0 Å². The van der Waals surface area contributed by atoms with Crippen LogP contribution >= 0.6 is 0 Å². The molecule has 0 amide bonds. The molecule has 0 aliphatic heterocycles. The smallest absolute Gasteiger partial charge is 0.423 e. The number of rotatable bonds is 4. The number of hydrogen-bond acceptors (Lipinski definition) is 2.